The van der Waals surface area contributed by atoms with Crippen molar-refractivity contribution in [2.45, 2.75) is 39.7 Å². The van der Waals surface area contributed by atoms with Gasteiger partial charge in [0.25, 0.3) is 0 Å². The van der Waals surface area contributed by atoms with E-state index in [1.165, 1.54) is 0 Å². The fourth-order valence-electron chi connectivity index (χ4n) is 3.41. The first-order chi connectivity index (χ1) is 14.7. The number of carbonyl (C=O) groups excluding carboxylic acids is 2. The van der Waals surface area contributed by atoms with E-state index in [0.29, 0.717) is 36.6 Å². The molecule has 164 valence electrons. The molecule has 3 rings (SSSR count). The SMILES string of the molecule is C=Cc1cnc(C)c(C(=O)c2cccc(N3CCCN(C(=O)OC(C)(C)C)CC3)n2)c1. The lowest BCUT2D eigenvalue weighted by Gasteiger charge is -2.26. The molecule has 1 amide bonds. The molecule has 0 atom stereocenters. The fraction of sp³-hybridized carbons (Fsp3) is 0.417. The van der Waals surface area contributed by atoms with Crippen molar-refractivity contribution in [3.8, 4) is 0 Å². The second kappa shape index (κ2) is 9.29. The molecule has 7 nitrogen and oxygen atoms in total. The van der Waals surface area contributed by atoms with Crippen LogP contribution < -0.4 is 4.90 Å². The minimum Gasteiger partial charge on any atom is -0.444 e. The summed E-state index contributed by atoms with van der Waals surface area (Å²) in [7, 11) is 0. The molecule has 1 fully saturated rings. The molecule has 0 bridgehead atoms. The molecule has 31 heavy (non-hydrogen) atoms. The number of amides is 1. The lowest BCUT2D eigenvalue weighted by atomic mass is 10.0. The van der Waals surface area contributed by atoms with Crippen molar-refractivity contribution in [2.75, 3.05) is 31.1 Å². The van der Waals surface area contributed by atoms with E-state index in [4.69, 9.17) is 4.74 Å². The fourth-order valence-corrected chi connectivity index (χ4v) is 3.41. The molecule has 1 aliphatic rings. The second-order valence-electron chi connectivity index (χ2n) is 8.62. The Morgan fingerprint density at radius 3 is 2.65 bits per heavy atom. The maximum Gasteiger partial charge on any atom is 0.410 e. The Hall–Kier alpha value is -3.22. The third-order valence-electron chi connectivity index (χ3n) is 5.03. The summed E-state index contributed by atoms with van der Waals surface area (Å²) < 4.78 is 5.50. The predicted octanol–water partition coefficient (Wildman–Crippen LogP) is 4.11. The van der Waals surface area contributed by atoms with Crippen LogP contribution in [0.4, 0.5) is 10.6 Å². The van der Waals surface area contributed by atoms with Crippen LogP contribution in [0.25, 0.3) is 6.08 Å². The summed E-state index contributed by atoms with van der Waals surface area (Å²) in [6.07, 6.45) is 3.86. The van der Waals surface area contributed by atoms with Gasteiger partial charge in [0.2, 0.25) is 5.78 Å². The third-order valence-corrected chi connectivity index (χ3v) is 5.03. The van der Waals surface area contributed by atoms with Gasteiger partial charge in [0.1, 0.15) is 17.1 Å². The molecule has 0 aromatic carbocycles. The number of pyridine rings is 2. The molecule has 0 unspecified atom stereocenters. The van der Waals surface area contributed by atoms with E-state index in [9.17, 15) is 9.59 Å². The molecule has 0 N–H and O–H groups in total. The Morgan fingerprint density at radius 2 is 1.94 bits per heavy atom. The highest BCUT2D eigenvalue weighted by Crippen LogP contribution is 2.19. The largest absolute Gasteiger partial charge is 0.444 e. The van der Waals surface area contributed by atoms with Gasteiger partial charge in [-0.15, -0.1) is 0 Å². The van der Waals surface area contributed by atoms with Gasteiger partial charge in [-0.05, 0) is 57.9 Å². The normalized spacial score (nSPS) is 14.7. The lowest BCUT2D eigenvalue weighted by Crippen LogP contribution is -2.39. The molecular formula is C24H30N4O3. The molecule has 0 saturated carbocycles. The maximum absolute atomic E-state index is 13.1. The van der Waals surface area contributed by atoms with Crippen molar-refractivity contribution < 1.29 is 14.3 Å². The Labute approximate surface area is 183 Å². The molecule has 7 heteroatoms. The number of ketones is 1. The molecule has 2 aromatic heterocycles. The van der Waals surface area contributed by atoms with Crippen molar-refractivity contribution in [3.63, 3.8) is 0 Å². The quantitative estimate of drug-likeness (QED) is 0.691. The Morgan fingerprint density at radius 1 is 1.16 bits per heavy atom. The highest BCUT2D eigenvalue weighted by Gasteiger charge is 2.25. The molecule has 0 radical (unpaired) electrons. The van der Waals surface area contributed by atoms with Crippen LogP contribution in [-0.4, -0.2) is 58.5 Å². The number of aromatic nitrogens is 2. The topological polar surface area (TPSA) is 75.6 Å². The van der Waals surface area contributed by atoms with Crippen molar-refractivity contribution in [1.29, 1.82) is 0 Å². The summed E-state index contributed by atoms with van der Waals surface area (Å²) in [5.41, 5.74) is 1.83. The van der Waals surface area contributed by atoms with Gasteiger partial charge in [-0.3, -0.25) is 9.78 Å². The molecule has 1 saturated heterocycles. The first-order valence-corrected chi connectivity index (χ1v) is 10.5. The van der Waals surface area contributed by atoms with Gasteiger partial charge < -0.3 is 14.5 Å². The predicted molar refractivity (Wildman–Crippen MR) is 121 cm³/mol. The number of ether oxygens (including phenoxy) is 1. The number of anilines is 1. The first kappa shape index (κ1) is 22.5. The molecular weight excluding hydrogens is 392 g/mol. The van der Waals surface area contributed by atoms with Crippen LogP contribution in [0, 0.1) is 6.92 Å². The van der Waals surface area contributed by atoms with E-state index in [1.54, 1.807) is 29.3 Å². The van der Waals surface area contributed by atoms with Crippen LogP contribution in [0.2, 0.25) is 0 Å². The van der Waals surface area contributed by atoms with E-state index in [1.807, 2.05) is 39.8 Å². The highest BCUT2D eigenvalue weighted by molar-refractivity contribution is 6.08. The van der Waals surface area contributed by atoms with Crippen LogP contribution in [0.15, 0.2) is 37.0 Å². The number of nitrogens with zero attached hydrogens (tertiary/aromatic N) is 4. The molecule has 0 spiro atoms. The highest BCUT2D eigenvalue weighted by atomic mass is 16.6. The minimum absolute atomic E-state index is 0.166. The van der Waals surface area contributed by atoms with Gasteiger partial charge in [-0.2, -0.15) is 0 Å². The number of hydrogen-bond acceptors (Lipinski definition) is 6. The summed E-state index contributed by atoms with van der Waals surface area (Å²) in [6, 6.07) is 7.24. The van der Waals surface area contributed by atoms with Gasteiger partial charge in [0.15, 0.2) is 0 Å². The second-order valence-corrected chi connectivity index (χ2v) is 8.62. The van der Waals surface area contributed by atoms with Crippen molar-refractivity contribution >= 4 is 23.8 Å². The van der Waals surface area contributed by atoms with Crippen molar-refractivity contribution in [3.05, 3.63) is 59.6 Å². The zero-order chi connectivity index (χ0) is 22.6. The average molecular weight is 423 g/mol. The average Bonchev–Trinajstić information content (AvgIpc) is 2.99. The monoisotopic (exact) mass is 422 g/mol. The van der Waals surface area contributed by atoms with Crippen LogP contribution in [-0.2, 0) is 4.74 Å². The van der Waals surface area contributed by atoms with E-state index in [-0.39, 0.29) is 11.9 Å². The molecule has 1 aliphatic heterocycles. The minimum atomic E-state index is -0.519. The smallest absolute Gasteiger partial charge is 0.410 e. The Kier molecular flexibility index (Phi) is 6.73. The first-order valence-electron chi connectivity index (χ1n) is 10.5. The van der Waals surface area contributed by atoms with E-state index in [0.717, 1.165) is 24.3 Å². The number of aryl methyl sites for hydroxylation is 1. The van der Waals surface area contributed by atoms with E-state index in [2.05, 4.69) is 21.4 Å². The maximum atomic E-state index is 13.1. The van der Waals surface area contributed by atoms with Gasteiger partial charge in [-0.1, -0.05) is 18.7 Å². The van der Waals surface area contributed by atoms with Crippen molar-refractivity contribution in [1.82, 2.24) is 14.9 Å². The zero-order valence-electron chi connectivity index (χ0n) is 18.7. The third kappa shape index (κ3) is 5.69. The van der Waals surface area contributed by atoms with Crippen LogP contribution in [0.5, 0.6) is 0 Å². The van der Waals surface area contributed by atoms with Gasteiger partial charge in [0.05, 0.1) is 0 Å². The Balaban J connectivity index is 1.75. The number of rotatable bonds is 4. The summed E-state index contributed by atoms with van der Waals surface area (Å²) in [5.74, 6) is 0.558. The standard InChI is InChI=1S/C24H30N4O3/c1-6-18-15-19(17(2)25-16-18)22(29)20-9-7-10-21(26-20)27-11-8-12-28(14-13-27)23(30)31-24(3,4)5/h6-7,9-10,15-16H,1,8,11-14H2,2-5H3. The van der Waals surface area contributed by atoms with Crippen LogP contribution >= 0.6 is 0 Å². The van der Waals surface area contributed by atoms with E-state index >= 15 is 0 Å². The molecule has 0 aliphatic carbocycles. The number of hydrogen-bond donors (Lipinski definition) is 0. The lowest BCUT2D eigenvalue weighted by molar-refractivity contribution is 0.0263. The van der Waals surface area contributed by atoms with Gasteiger partial charge in [0, 0.05) is 43.6 Å². The van der Waals surface area contributed by atoms with Crippen molar-refractivity contribution in [2.24, 2.45) is 0 Å². The van der Waals surface area contributed by atoms with Gasteiger partial charge in [-0.25, -0.2) is 9.78 Å². The Bertz CT molecular complexity index is 981. The number of carbonyl (C=O) groups is 2. The molecule has 3 heterocycles. The summed E-state index contributed by atoms with van der Waals surface area (Å²) >= 11 is 0. The molecule has 2 aromatic rings. The van der Waals surface area contributed by atoms with Crippen LogP contribution in [0.1, 0.15) is 54.5 Å². The van der Waals surface area contributed by atoms with Crippen LogP contribution in [0.3, 0.4) is 0 Å². The summed E-state index contributed by atoms with van der Waals surface area (Å²) in [4.78, 5) is 38.2. The van der Waals surface area contributed by atoms with Gasteiger partial charge >= 0.3 is 6.09 Å². The summed E-state index contributed by atoms with van der Waals surface area (Å²) in [6.45, 7) is 13.7. The van der Waals surface area contributed by atoms with E-state index < -0.39 is 5.60 Å². The zero-order valence-corrected chi connectivity index (χ0v) is 18.7. The summed E-state index contributed by atoms with van der Waals surface area (Å²) in [5, 5.41) is 0.